The molecule has 0 atom stereocenters. The van der Waals surface area contributed by atoms with Crippen LogP contribution in [0.4, 0.5) is 5.69 Å². The molecule has 1 heterocycles. The Kier molecular flexibility index (Phi) is 9.95. The molecule has 10 heteroatoms. The number of likely N-dealkylation sites (N-methyl/N-ethyl adjacent to an activating group) is 1. The molecule has 10 nitrogen and oxygen atoms in total. The Morgan fingerprint density at radius 1 is 0.930 bits per heavy atom. The largest absolute Gasteiger partial charge is 0.496 e. The lowest BCUT2D eigenvalue weighted by Gasteiger charge is -2.23. The van der Waals surface area contributed by atoms with Crippen LogP contribution in [-0.2, 0) is 16.2 Å². The van der Waals surface area contributed by atoms with Crippen LogP contribution in [0.5, 0.6) is 17.2 Å². The fraction of sp³-hybridized carbons (Fsp3) is 0.212. The van der Waals surface area contributed by atoms with Gasteiger partial charge >= 0.3 is 0 Å². The fourth-order valence-electron chi connectivity index (χ4n) is 4.44. The number of hydrogen-bond donors (Lipinski definition) is 2. The summed E-state index contributed by atoms with van der Waals surface area (Å²) in [5.41, 5.74) is 3.97. The van der Waals surface area contributed by atoms with Crippen LogP contribution >= 0.6 is 0 Å². The standard InChI is InChI=1S/C33H34N4O6/c1-21-9-13-23-7-6-8-28(31(23)36-21)43-20-25-27(41-4)17-16-26(32(25)42-5)37(3)30(39)19-35-29(38)18-12-22-10-14-24(15-11-22)33(40)34-2/h6-18H,19-20H2,1-5H3,(H,34,40)(H,35,38)/b18-12+. The van der Waals surface area contributed by atoms with E-state index in [1.54, 1.807) is 63.7 Å². The van der Waals surface area contributed by atoms with Gasteiger partial charge in [0.15, 0.2) is 5.75 Å². The van der Waals surface area contributed by atoms with Crippen molar-refractivity contribution < 1.29 is 28.6 Å². The first-order chi connectivity index (χ1) is 20.7. The second kappa shape index (κ2) is 14.0. The molecule has 3 aromatic carbocycles. The van der Waals surface area contributed by atoms with E-state index in [0.717, 1.165) is 22.2 Å². The fourth-order valence-corrected chi connectivity index (χ4v) is 4.44. The summed E-state index contributed by atoms with van der Waals surface area (Å²) in [6.45, 7) is 1.78. The highest BCUT2D eigenvalue weighted by molar-refractivity contribution is 6.00. The lowest BCUT2D eigenvalue weighted by molar-refractivity contribution is -0.122. The van der Waals surface area contributed by atoms with Gasteiger partial charge < -0.3 is 29.7 Å². The Morgan fingerprint density at radius 2 is 1.70 bits per heavy atom. The molecule has 0 aliphatic heterocycles. The minimum Gasteiger partial charge on any atom is -0.496 e. The van der Waals surface area contributed by atoms with E-state index in [1.165, 1.54) is 18.1 Å². The van der Waals surface area contributed by atoms with Crippen molar-refractivity contribution in [1.82, 2.24) is 15.6 Å². The van der Waals surface area contributed by atoms with Crippen molar-refractivity contribution in [3.05, 3.63) is 95.2 Å². The van der Waals surface area contributed by atoms with Gasteiger partial charge in [0.25, 0.3) is 5.91 Å². The third kappa shape index (κ3) is 7.28. The number of nitrogens with one attached hydrogen (secondary N) is 2. The third-order valence-corrected chi connectivity index (χ3v) is 6.79. The van der Waals surface area contributed by atoms with E-state index < -0.39 is 5.91 Å². The highest BCUT2D eigenvalue weighted by atomic mass is 16.5. The molecule has 0 fully saturated rings. The number of pyridine rings is 1. The summed E-state index contributed by atoms with van der Waals surface area (Å²) in [5, 5.41) is 6.12. The number of carbonyl (C=O) groups is 3. The number of aryl methyl sites for hydroxylation is 1. The smallest absolute Gasteiger partial charge is 0.251 e. The summed E-state index contributed by atoms with van der Waals surface area (Å²) in [7, 11) is 6.22. The molecule has 222 valence electrons. The topological polar surface area (TPSA) is 119 Å². The number of methoxy groups -OCH3 is 2. The van der Waals surface area contributed by atoms with E-state index in [2.05, 4.69) is 15.6 Å². The second-order valence-corrected chi connectivity index (χ2v) is 9.57. The minimum absolute atomic E-state index is 0.0998. The Labute approximate surface area is 250 Å². The zero-order valence-corrected chi connectivity index (χ0v) is 24.8. The van der Waals surface area contributed by atoms with Crippen LogP contribution in [-0.4, -0.2) is 57.6 Å². The molecule has 0 bridgehead atoms. The summed E-state index contributed by atoms with van der Waals surface area (Å²) < 4.78 is 17.5. The number of amides is 3. The Hall–Kier alpha value is -5.38. The van der Waals surface area contributed by atoms with Gasteiger partial charge in [-0.1, -0.05) is 30.3 Å². The van der Waals surface area contributed by atoms with E-state index >= 15 is 0 Å². The Bertz CT molecular complexity index is 1670. The maximum atomic E-state index is 13.1. The van der Waals surface area contributed by atoms with E-state index in [9.17, 15) is 14.4 Å². The van der Waals surface area contributed by atoms with Crippen LogP contribution in [0.25, 0.3) is 17.0 Å². The molecule has 0 spiro atoms. The minimum atomic E-state index is -0.438. The second-order valence-electron chi connectivity index (χ2n) is 9.57. The summed E-state index contributed by atoms with van der Waals surface area (Å²) in [5.74, 6) is 0.561. The van der Waals surface area contributed by atoms with Crippen LogP contribution in [0.15, 0.2) is 72.8 Å². The van der Waals surface area contributed by atoms with Crippen LogP contribution in [0.2, 0.25) is 0 Å². The van der Waals surface area contributed by atoms with E-state index in [1.807, 2.05) is 37.3 Å². The van der Waals surface area contributed by atoms with E-state index in [0.29, 0.717) is 34.1 Å². The van der Waals surface area contributed by atoms with Gasteiger partial charge in [-0.25, -0.2) is 4.98 Å². The summed E-state index contributed by atoms with van der Waals surface area (Å²) in [4.78, 5) is 43.2. The van der Waals surface area contributed by atoms with Crippen molar-refractivity contribution in [2.45, 2.75) is 13.5 Å². The van der Waals surface area contributed by atoms with Gasteiger partial charge in [0, 0.05) is 36.8 Å². The Balaban J connectivity index is 1.45. The molecule has 4 rings (SSSR count). The number of para-hydroxylation sites is 1. The normalized spacial score (nSPS) is 10.8. The van der Waals surface area contributed by atoms with Gasteiger partial charge in [0.2, 0.25) is 11.8 Å². The van der Waals surface area contributed by atoms with Gasteiger partial charge in [-0.05, 0) is 55.0 Å². The average molecular weight is 583 g/mol. The molecule has 43 heavy (non-hydrogen) atoms. The highest BCUT2D eigenvalue weighted by Gasteiger charge is 2.22. The van der Waals surface area contributed by atoms with Crippen LogP contribution in [0.3, 0.4) is 0 Å². The van der Waals surface area contributed by atoms with Crippen molar-refractivity contribution in [2.75, 3.05) is 39.8 Å². The molecular formula is C33H34N4O6. The molecule has 4 aromatic rings. The number of ether oxygens (including phenoxy) is 3. The van der Waals surface area contributed by atoms with Gasteiger partial charge in [-0.2, -0.15) is 0 Å². The zero-order chi connectivity index (χ0) is 30.9. The highest BCUT2D eigenvalue weighted by Crippen LogP contribution is 2.39. The monoisotopic (exact) mass is 582 g/mol. The van der Waals surface area contributed by atoms with Gasteiger partial charge in [0.05, 0.1) is 32.0 Å². The lowest BCUT2D eigenvalue weighted by atomic mass is 10.1. The van der Waals surface area contributed by atoms with Crippen molar-refractivity contribution >= 4 is 40.4 Å². The van der Waals surface area contributed by atoms with Gasteiger partial charge in [-0.3, -0.25) is 14.4 Å². The number of hydrogen-bond acceptors (Lipinski definition) is 7. The molecule has 0 aliphatic carbocycles. The van der Waals surface area contributed by atoms with Crippen molar-refractivity contribution in [3.8, 4) is 17.2 Å². The maximum Gasteiger partial charge on any atom is 0.251 e. The first-order valence-corrected chi connectivity index (χ1v) is 13.5. The lowest BCUT2D eigenvalue weighted by Crippen LogP contribution is -2.37. The van der Waals surface area contributed by atoms with E-state index in [-0.39, 0.29) is 25.0 Å². The number of nitrogens with zero attached hydrogens (tertiary/aromatic N) is 2. The third-order valence-electron chi connectivity index (χ3n) is 6.79. The first-order valence-electron chi connectivity index (χ1n) is 13.5. The van der Waals surface area contributed by atoms with Gasteiger partial charge in [-0.15, -0.1) is 0 Å². The molecule has 0 radical (unpaired) electrons. The Morgan fingerprint density at radius 3 is 2.40 bits per heavy atom. The van der Waals surface area contributed by atoms with Crippen molar-refractivity contribution in [1.29, 1.82) is 0 Å². The van der Waals surface area contributed by atoms with Crippen LogP contribution in [0.1, 0.15) is 27.2 Å². The number of aromatic nitrogens is 1. The van der Waals surface area contributed by atoms with Crippen molar-refractivity contribution in [3.63, 3.8) is 0 Å². The van der Waals surface area contributed by atoms with Gasteiger partial charge in [0.1, 0.15) is 23.6 Å². The summed E-state index contributed by atoms with van der Waals surface area (Å²) >= 11 is 0. The maximum absolute atomic E-state index is 13.1. The number of fused-ring (bicyclic) bond motifs is 1. The molecule has 0 saturated heterocycles. The number of benzene rings is 3. The summed E-state index contributed by atoms with van der Waals surface area (Å²) in [6, 6.07) is 19.9. The van der Waals surface area contributed by atoms with Crippen LogP contribution in [0, 0.1) is 6.92 Å². The number of anilines is 1. The number of carbonyl (C=O) groups excluding carboxylic acids is 3. The SMILES string of the molecule is CNC(=O)c1ccc(/C=C/C(=O)NCC(=O)N(C)c2ccc(OC)c(COc3cccc4ccc(C)nc34)c2OC)cc1. The van der Waals surface area contributed by atoms with Crippen LogP contribution < -0.4 is 29.7 Å². The average Bonchev–Trinajstić information content (AvgIpc) is 3.04. The molecule has 0 aliphatic rings. The van der Waals surface area contributed by atoms with E-state index in [4.69, 9.17) is 14.2 Å². The zero-order valence-electron chi connectivity index (χ0n) is 24.8. The molecule has 3 amide bonds. The first kappa shape index (κ1) is 30.6. The predicted octanol–water partition coefficient (Wildman–Crippen LogP) is 4.29. The van der Waals surface area contributed by atoms with Crippen molar-refractivity contribution in [2.24, 2.45) is 0 Å². The molecule has 0 unspecified atom stereocenters. The molecule has 2 N–H and O–H groups in total. The quantitative estimate of drug-likeness (QED) is 0.253. The molecule has 0 saturated carbocycles. The number of rotatable bonds is 11. The molecule has 1 aromatic heterocycles. The molecular weight excluding hydrogens is 548 g/mol. The predicted molar refractivity (Wildman–Crippen MR) is 166 cm³/mol. The summed E-state index contributed by atoms with van der Waals surface area (Å²) in [6.07, 6.45) is 2.93.